The van der Waals surface area contributed by atoms with Gasteiger partial charge in [-0.3, -0.25) is 14.5 Å². The van der Waals surface area contributed by atoms with Crippen molar-refractivity contribution in [3.05, 3.63) is 124 Å². The third-order valence-corrected chi connectivity index (χ3v) is 8.14. The summed E-state index contributed by atoms with van der Waals surface area (Å²) in [5.41, 5.74) is 2.65. The van der Waals surface area contributed by atoms with Gasteiger partial charge in [-0.1, -0.05) is 65.4 Å². The van der Waals surface area contributed by atoms with E-state index in [1.54, 1.807) is 48.5 Å². The Morgan fingerprint density at radius 2 is 1.64 bits per heavy atom. The summed E-state index contributed by atoms with van der Waals surface area (Å²) in [7, 11) is 0. The molecule has 5 aromatic rings. The quantitative estimate of drug-likeness (QED) is 0.113. The fourth-order valence-corrected chi connectivity index (χ4v) is 5.99. The summed E-state index contributed by atoms with van der Waals surface area (Å²) >= 11 is 7.32. The highest BCUT2D eigenvalue weighted by Gasteiger charge is 2.48. The fourth-order valence-electron chi connectivity index (χ4n) is 4.85. The van der Waals surface area contributed by atoms with Crippen LogP contribution in [0.25, 0.3) is 16.0 Å². The van der Waals surface area contributed by atoms with Crippen molar-refractivity contribution in [3.8, 4) is 11.5 Å². The van der Waals surface area contributed by atoms with E-state index in [0.29, 0.717) is 51.5 Å². The van der Waals surface area contributed by atoms with E-state index in [0.717, 1.165) is 10.3 Å². The van der Waals surface area contributed by atoms with Crippen LogP contribution in [0.15, 0.2) is 103 Å². The van der Waals surface area contributed by atoms with Crippen LogP contribution in [-0.2, 0) is 16.2 Å². The van der Waals surface area contributed by atoms with Crippen LogP contribution in [0, 0.1) is 0 Å². The highest BCUT2D eigenvalue weighted by molar-refractivity contribution is 7.22. The van der Waals surface area contributed by atoms with Crippen molar-refractivity contribution in [1.29, 1.82) is 0 Å². The van der Waals surface area contributed by atoms with E-state index in [2.05, 4.69) is 4.98 Å². The smallest absolute Gasteiger partial charge is 0.301 e. The number of carbonyl (C=O) groups is 2. The number of Topliss-reactive ketones (excluding diaryl/α,β-unsaturated/α-hetero) is 1. The first-order valence-electron chi connectivity index (χ1n) is 13.3. The van der Waals surface area contributed by atoms with E-state index in [1.165, 1.54) is 16.2 Å². The number of aliphatic hydroxyl groups excluding tert-OH is 1. The summed E-state index contributed by atoms with van der Waals surface area (Å²) in [6.07, 6.45) is 0. The molecule has 9 heteroatoms. The number of aliphatic hydroxyl groups is 1. The lowest BCUT2D eigenvalue weighted by Crippen LogP contribution is -2.29. The molecule has 1 aliphatic rings. The van der Waals surface area contributed by atoms with Crippen molar-refractivity contribution in [3.63, 3.8) is 0 Å². The summed E-state index contributed by atoms with van der Waals surface area (Å²) in [6.45, 7) is 2.81. The summed E-state index contributed by atoms with van der Waals surface area (Å²) in [5, 5.41) is 12.2. The molecule has 2 heterocycles. The lowest BCUT2D eigenvalue weighted by Gasteiger charge is -2.23. The third-order valence-electron chi connectivity index (χ3n) is 6.87. The Hall–Kier alpha value is -4.66. The third kappa shape index (κ3) is 5.34. The van der Waals surface area contributed by atoms with Gasteiger partial charge in [-0.2, -0.15) is 0 Å². The summed E-state index contributed by atoms with van der Waals surface area (Å²) < 4.78 is 12.4. The minimum atomic E-state index is -0.921. The molecule has 0 bridgehead atoms. The number of halogens is 1. The van der Waals surface area contributed by atoms with Crippen LogP contribution in [0.4, 0.5) is 5.13 Å². The maximum Gasteiger partial charge on any atom is 0.301 e. The maximum absolute atomic E-state index is 13.6. The van der Waals surface area contributed by atoms with Crippen molar-refractivity contribution < 1.29 is 24.2 Å². The van der Waals surface area contributed by atoms with Crippen molar-refractivity contribution in [1.82, 2.24) is 4.98 Å². The second kappa shape index (κ2) is 11.7. The van der Waals surface area contributed by atoms with E-state index in [4.69, 9.17) is 21.1 Å². The lowest BCUT2D eigenvalue weighted by atomic mass is 9.95. The molecule has 210 valence electrons. The van der Waals surface area contributed by atoms with Gasteiger partial charge in [0.05, 0.1) is 28.4 Å². The molecular formula is C33H25ClN2O5S. The lowest BCUT2D eigenvalue weighted by molar-refractivity contribution is -0.132. The largest absolute Gasteiger partial charge is 0.507 e. The fraction of sp³-hybridized carbons (Fsp3) is 0.121. The molecule has 1 atom stereocenters. The number of aromatic nitrogens is 1. The summed E-state index contributed by atoms with van der Waals surface area (Å²) in [5.74, 6) is -0.551. The Kier molecular flexibility index (Phi) is 7.65. The van der Waals surface area contributed by atoms with Gasteiger partial charge in [0.25, 0.3) is 5.78 Å². The molecule has 4 aromatic carbocycles. The molecule has 1 fully saturated rings. The molecular weight excluding hydrogens is 572 g/mol. The molecule has 0 saturated carbocycles. The van der Waals surface area contributed by atoms with Crippen molar-refractivity contribution >= 4 is 55.7 Å². The number of carbonyl (C=O) groups excluding carboxylic acids is 2. The van der Waals surface area contributed by atoms with Crippen molar-refractivity contribution in [2.45, 2.75) is 19.6 Å². The highest BCUT2D eigenvalue weighted by Crippen LogP contribution is 2.45. The maximum atomic E-state index is 13.6. The SMILES string of the molecule is CCOc1ccc2nc(N3C(=O)C(=O)C(=C(O)c4ccc(Cl)cc4)C3c3ccc(OCc4ccccc4)cc3)sc2c1. The van der Waals surface area contributed by atoms with E-state index in [-0.39, 0.29) is 11.3 Å². The molecule has 0 aliphatic carbocycles. The molecule has 1 aromatic heterocycles. The van der Waals surface area contributed by atoms with Crippen molar-refractivity contribution in [2.24, 2.45) is 0 Å². The number of ketones is 1. The van der Waals surface area contributed by atoms with Gasteiger partial charge in [0, 0.05) is 10.6 Å². The first-order valence-corrected chi connectivity index (χ1v) is 14.5. The predicted octanol–water partition coefficient (Wildman–Crippen LogP) is 7.55. The zero-order valence-corrected chi connectivity index (χ0v) is 24.1. The average Bonchev–Trinajstić information content (AvgIpc) is 3.54. The number of ether oxygens (including phenoxy) is 2. The van der Waals surface area contributed by atoms with Crippen LogP contribution in [0.1, 0.15) is 29.7 Å². The van der Waals surface area contributed by atoms with E-state index < -0.39 is 17.7 Å². The zero-order valence-electron chi connectivity index (χ0n) is 22.5. The van der Waals surface area contributed by atoms with Gasteiger partial charge < -0.3 is 14.6 Å². The summed E-state index contributed by atoms with van der Waals surface area (Å²) in [4.78, 5) is 33.2. The molecule has 42 heavy (non-hydrogen) atoms. The minimum Gasteiger partial charge on any atom is -0.507 e. The molecule has 1 saturated heterocycles. The zero-order chi connectivity index (χ0) is 29.2. The standard InChI is InChI=1S/C33H25ClN2O5S/c1-2-40-25-16-17-26-27(18-25)42-33(35-26)36-29(21-10-14-24(15-11-21)41-19-20-6-4-3-5-7-20)28(31(38)32(36)39)30(37)22-8-12-23(34)13-9-22/h3-18,29,37H,2,19H2,1H3. The number of anilines is 1. The van der Waals surface area contributed by atoms with Crippen molar-refractivity contribution in [2.75, 3.05) is 11.5 Å². The number of benzene rings is 4. The number of nitrogens with zero attached hydrogens (tertiary/aromatic N) is 2. The average molecular weight is 597 g/mol. The van der Waals surface area contributed by atoms with Crippen LogP contribution in [-0.4, -0.2) is 28.4 Å². The van der Waals surface area contributed by atoms with Gasteiger partial charge in [-0.15, -0.1) is 0 Å². The monoisotopic (exact) mass is 596 g/mol. The first kappa shape index (κ1) is 27.5. The molecule has 1 N–H and O–H groups in total. The number of amides is 1. The minimum absolute atomic E-state index is 0.0328. The molecule has 0 radical (unpaired) electrons. The second-order valence-electron chi connectivity index (χ2n) is 9.58. The van der Waals surface area contributed by atoms with Gasteiger partial charge in [0.2, 0.25) is 0 Å². The Bertz CT molecular complexity index is 1800. The van der Waals surface area contributed by atoms with Gasteiger partial charge in [0.1, 0.15) is 23.9 Å². The van der Waals surface area contributed by atoms with Crippen LogP contribution >= 0.6 is 22.9 Å². The van der Waals surface area contributed by atoms with Crippen LogP contribution < -0.4 is 14.4 Å². The summed E-state index contributed by atoms with van der Waals surface area (Å²) in [6, 6.07) is 28.0. The molecule has 7 nitrogen and oxygen atoms in total. The number of fused-ring (bicyclic) bond motifs is 1. The molecule has 1 unspecified atom stereocenters. The second-order valence-corrected chi connectivity index (χ2v) is 11.0. The number of thiazole rings is 1. The Morgan fingerprint density at radius 1 is 0.929 bits per heavy atom. The van der Waals surface area contributed by atoms with Gasteiger partial charge in [0.15, 0.2) is 5.13 Å². The van der Waals surface area contributed by atoms with E-state index in [1.807, 2.05) is 55.5 Å². The predicted molar refractivity (Wildman–Crippen MR) is 164 cm³/mol. The number of rotatable bonds is 8. The molecule has 6 rings (SSSR count). The van der Waals surface area contributed by atoms with E-state index in [9.17, 15) is 14.7 Å². The molecule has 0 spiro atoms. The van der Waals surface area contributed by atoms with E-state index >= 15 is 0 Å². The molecule has 1 aliphatic heterocycles. The Labute approximate surface area is 251 Å². The van der Waals surface area contributed by atoms with Gasteiger partial charge in [-0.05, 0) is 72.6 Å². The highest BCUT2D eigenvalue weighted by atomic mass is 35.5. The number of hydrogen-bond donors (Lipinski definition) is 1. The normalized spacial score (nSPS) is 16.2. The van der Waals surface area contributed by atoms with Gasteiger partial charge in [-0.25, -0.2) is 4.98 Å². The van der Waals surface area contributed by atoms with Crippen LogP contribution in [0.3, 0.4) is 0 Å². The number of hydrogen-bond acceptors (Lipinski definition) is 7. The Balaban J connectivity index is 1.42. The van der Waals surface area contributed by atoms with Crippen LogP contribution in [0.2, 0.25) is 5.02 Å². The Morgan fingerprint density at radius 3 is 2.36 bits per heavy atom. The first-order chi connectivity index (χ1) is 20.4. The topological polar surface area (TPSA) is 89.0 Å². The van der Waals surface area contributed by atoms with Gasteiger partial charge >= 0.3 is 5.91 Å². The molecule has 1 amide bonds. The van der Waals surface area contributed by atoms with Crippen LogP contribution in [0.5, 0.6) is 11.5 Å².